The summed E-state index contributed by atoms with van der Waals surface area (Å²) in [5.74, 6) is 0.877. The molecule has 0 spiro atoms. The summed E-state index contributed by atoms with van der Waals surface area (Å²) in [5.41, 5.74) is -0.133. The van der Waals surface area contributed by atoms with E-state index in [4.69, 9.17) is 21.1 Å². The van der Waals surface area contributed by atoms with E-state index in [1.807, 2.05) is 6.92 Å². The number of nitrogens with zero attached hydrogens (tertiary/aromatic N) is 1. The van der Waals surface area contributed by atoms with Crippen molar-refractivity contribution in [3.8, 4) is 17.2 Å². The first-order valence-corrected chi connectivity index (χ1v) is 8.93. The average molecular weight is 416 g/mol. The molecule has 2 rings (SSSR count). The molecule has 0 bridgehead atoms. The Bertz CT molecular complexity index is 853. The smallest absolute Gasteiger partial charge is 0.416 e. The molecule has 2 aromatic carbocycles. The van der Waals surface area contributed by atoms with E-state index in [9.17, 15) is 18.0 Å². The molecule has 0 aliphatic heterocycles. The van der Waals surface area contributed by atoms with Gasteiger partial charge in [-0.05, 0) is 55.3 Å². The standard InChI is InChI=1S/C20H21ClF3NO3/c1-5-16(19(26)25(3)4)28-17-9-7-14(10-12(17)2)27-18-8-6-13(11-15(18)21)20(22,23)24/h6-11,16H,5H2,1-4H3. The van der Waals surface area contributed by atoms with E-state index in [0.717, 1.165) is 12.1 Å². The molecule has 0 aliphatic rings. The van der Waals surface area contributed by atoms with Gasteiger partial charge in [-0.25, -0.2) is 0 Å². The molecule has 1 atom stereocenters. The van der Waals surface area contributed by atoms with Crippen molar-refractivity contribution in [2.45, 2.75) is 32.5 Å². The SMILES string of the molecule is CCC(Oc1ccc(Oc2ccc(C(F)(F)F)cc2Cl)cc1C)C(=O)N(C)C. The van der Waals surface area contributed by atoms with Gasteiger partial charge in [-0.15, -0.1) is 0 Å². The summed E-state index contributed by atoms with van der Waals surface area (Å²) in [5, 5.41) is -0.143. The lowest BCUT2D eigenvalue weighted by Gasteiger charge is -2.21. The summed E-state index contributed by atoms with van der Waals surface area (Å²) >= 11 is 5.92. The summed E-state index contributed by atoms with van der Waals surface area (Å²) < 4.78 is 49.6. The van der Waals surface area contributed by atoms with Crippen LogP contribution in [0.15, 0.2) is 36.4 Å². The first-order chi connectivity index (χ1) is 13.0. The quantitative estimate of drug-likeness (QED) is 0.607. The van der Waals surface area contributed by atoms with E-state index >= 15 is 0 Å². The van der Waals surface area contributed by atoms with E-state index in [1.54, 1.807) is 39.2 Å². The van der Waals surface area contributed by atoms with Crippen LogP contribution < -0.4 is 9.47 Å². The Balaban J connectivity index is 2.17. The molecule has 152 valence electrons. The van der Waals surface area contributed by atoms with Gasteiger partial charge in [0.25, 0.3) is 5.91 Å². The van der Waals surface area contributed by atoms with Crippen molar-refractivity contribution in [1.82, 2.24) is 4.90 Å². The number of carbonyl (C=O) groups excluding carboxylic acids is 1. The van der Waals surface area contributed by atoms with Crippen LogP contribution in [0, 0.1) is 6.92 Å². The Morgan fingerprint density at radius 3 is 2.29 bits per heavy atom. The maximum atomic E-state index is 12.7. The van der Waals surface area contributed by atoms with Gasteiger partial charge in [0.15, 0.2) is 6.10 Å². The number of benzene rings is 2. The second-order valence-electron chi connectivity index (χ2n) is 6.42. The van der Waals surface area contributed by atoms with E-state index < -0.39 is 17.8 Å². The van der Waals surface area contributed by atoms with Crippen molar-refractivity contribution in [3.63, 3.8) is 0 Å². The van der Waals surface area contributed by atoms with Gasteiger partial charge in [-0.2, -0.15) is 13.2 Å². The predicted octanol–water partition coefficient (Wildman–Crippen LogP) is 5.71. The molecule has 8 heteroatoms. The zero-order chi connectivity index (χ0) is 21.1. The fraction of sp³-hybridized carbons (Fsp3) is 0.350. The number of ether oxygens (including phenoxy) is 2. The van der Waals surface area contributed by atoms with Gasteiger partial charge >= 0.3 is 6.18 Å². The zero-order valence-electron chi connectivity index (χ0n) is 15.9. The Hall–Kier alpha value is -2.41. The summed E-state index contributed by atoms with van der Waals surface area (Å²) in [6, 6.07) is 7.81. The van der Waals surface area contributed by atoms with Crippen LogP contribution >= 0.6 is 11.6 Å². The molecule has 0 fully saturated rings. The lowest BCUT2D eigenvalue weighted by molar-refractivity contribution is -0.137. The number of rotatable bonds is 6. The number of carbonyl (C=O) groups is 1. The molecule has 1 amide bonds. The van der Waals surface area contributed by atoms with Gasteiger partial charge in [0.1, 0.15) is 17.2 Å². The second-order valence-corrected chi connectivity index (χ2v) is 6.83. The maximum Gasteiger partial charge on any atom is 0.416 e. The minimum Gasteiger partial charge on any atom is -0.480 e. The monoisotopic (exact) mass is 415 g/mol. The van der Waals surface area contributed by atoms with Gasteiger partial charge in [-0.3, -0.25) is 4.79 Å². The minimum absolute atomic E-state index is 0.108. The number of alkyl halides is 3. The van der Waals surface area contributed by atoms with Crippen molar-refractivity contribution >= 4 is 17.5 Å². The molecular weight excluding hydrogens is 395 g/mol. The Morgan fingerprint density at radius 1 is 1.14 bits per heavy atom. The summed E-state index contributed by atoms with van der Waals surface area (Å²) in [6.45, 7) is 3.63. The number of hydrogen-bond donors (Lipinski definition) is 0. The zero-order valence-corrected chi connectivity index (χ0v) is 16.7. The van der Waals surface area contributed by atoms with E-state index in [0.29, 0.717) is 23.5 Å². The Morgan fingerprint density at radius 2 is 1.79 bits per heavy atom. The van der Waals surface area contributed by atoms with Crippen LogP contribution in [0.5, 0.6) is 17.2 Å². The Labute approximate surface area is 166 Å². The topological polar surface area (TPSA) is 38.8 Å². The molecule has 4 nitrogen and oxygen atoms in total. The first-order valence-electron chi connectivity index (χ1n) is 8.56. The summed E-state index contributed by atoms with van der Waals surface area (Å²) in [4.78, 5) is 13.6. The van der Waals surface area contributed by atoms with E-state index in [-0.39, 0.29) is 16.7 Å². The molecule has 2 aromatic rings. The van der Waals surface area contributed by atoms with E-state index in [2.05, 4.69) is 0 Å². The van der Waals surface area contributed by atoms with Crippen molar-refractivity contribution in [2.75, 3.05) is 14.1 Å². The number of halogens is 4. The molecule has 0 N–H and O–H groups in total. The molecule has 0 saturated carbocycles. The van der Waals surface area contributed by atoms with Crippen LogP contribution in [-0.2, 0) is 11.0 Å². The fourth-order valence-electron chi connectivity index (χ4n) is 2.45. The highest BCUT2D eigenvalue weighted by molar-refractivity contribution is 6.32. The van der Waals surface area contributed by atoms with Gasteiger partial charge in [0.2, 0.25) is 0 Å². The third-order valence-corrected chi connectivity index (χ3v) is 4.29. The highest BCUT2D eigenvalue weighted by atomic mass is 35.5. The first kappa shape index (κ1) is 21.9. The van der Waals surface area contributed by atoms with E-state index in [1.165, 1.54) is 11.0 Å². The number of amides is 1. The minimum atomic E-state index is -4.47. The number of aryl methyl sites for hydroxylation is 1. The van der Waals surface area contributed by atoms with Crippen LogP contribution in [0.4, 0.5) is 13.2 Å². The Kier molecular flexibility index (Phi) is 6.82. The average Bonchev–Trinajstić information content (AvgIpc) is 2.61. The summed E-state index contributed by atoms with van der Waals surface area (Å²) in [6.07, 6.45) is -4.57. The lowest BCUT2D eigenvalue weighted by Crippen LogP contribution is -2.37. The molecule has 0 aliphatic carbocycles. The fourth-order valence-corrected chi connectivity index (χ4v) is 2.67. The van der Waals surface area contributed by atoms with Crippen LogP contribution in [0.25, 0.3) is 0 Å². The number of likely N-dealkylation sites (N-methyl/N-ethyl adjacent to an activating group) is 1. The third-order valence-electron chi connectivity index (χ3n) is 3.99. The second kappa shape index (κ2) is 8.73. The predicted molar refractivity (Wildman–Crippen MR) is 101 cm³/mol. The maximum absolute atomic E-state index is 12.7. The number of hydrogen-bond acceptors (Lipinski definition) is 3. The van der Waals surface area contributed by atoms with Crippen molar-refractivity contribution < 1.29 is 27.4 Å². The van der Waals surface area contributed by atoms with Gasteiger partial charge in [-0.1, -0.05) is 18.5 Å². The molecular formula is C20H21ClF3NO3. The summed E-state index contributed by atoms with van der Waals surface area (Å²) in [7, 11) is 3.32. The molecule has 28 heavy (non-hydrogen) atoms. The van der Waals surface area contributed by atoms with Crippen LogP contribution in [0.1, 0.15) is 24.5 Å². The highest BCUT2D eigenvalue weighted by Crippen LogP contribution is 2.37. The van der Waals surface area contributed by atoms with Crippen LogP contribution in [0.3, 0.4) is 0 Å². The van der Waals surface area contributed by atoms with Gasteiger partial charge < -0.3 is 14.4 Å². The molecule has 1 unspecified atom stereocenters. The molecule has 0 saturated heterocycles. The van der Waals surface area contributed by atoms with Gasteiger partial charge in [0.05, 0.1) is 10.6 Å². The van der Waals surface area contributed by atoms with Crippen molar-refractivity contribution in [3.05, 3.63) is 52.5 Å². The van der Waals surface area contributed by atoms with Crippen molar-refractivity contribution in [1.29, 1.82) is 0 Å². The molecule has 0 aromatic heterocycles. The lowest BCUT2D eigenvalue weighted by atomic mass is 10.2. The van der Waals surface area contributed by atoms with Crippen molar-refractivity contribution in [2.24, 2.45) is 0 Å². The van der Waals surface area contributed by atoms with Gasteiger partial charge in [0, 0.05) is 14.1 Å². The largest absolute Gasteiger partial charge is 0.480 e. The third kappa shape index (κ3) is 5.32. The molecule has 0 radical (unpaired) electrons. The molecule has 0 heterocycles. The van der Waals surface area contributed by atoms with Crippen LogP contribution in [0.2, 0.25) is 5.02 Å². The van der Waals surface area contributed by atoms with Crippen LogP contribution in [-0.4, -0.2) is 31.0 Å². The highest BCUT2D eigenvalue weighted by Gasteiger charge is 2.31. The normalized spacial score (nSPS) is 12.4.